The summed E-state index contributed by atoms with van der Waals surface area (Å²) in [5.74, 6) is -2.25. The standard InChI is InChI=1S/C22H20N4O5/c1-12(21(29)30)24-19(27)18(10-13-11-23-16-8-4-2-6-14(13)16)26-20(28)15-7-3-5-9-17(15)25-22(26)31/h2-9,11-12,18,23H,10H2,1H3,(H,24,27)(H,25,31)(H,29,30)/p-1/t12-,18-/m0/s1. The lowest BCUT2D eigenvalue weighted by molar-refractivity contribution is -0.307. The molecule has 2 aromatic carbocycles. The van der Waals surface area contributed by atoms with E-state index in [0.717, 1.165) is 15.5 Å². The van der Waals surface area contributed by atoms with Gasteiger partial charge in [-0.2, -0.15) is 0 Å². The highest BCUT2D eigenvalue weighted by molar-refractivity contribution is 5.88. The molecule has 3 N–H and O–H groups in total. The summed E-state index contributed by atoms with van der Waals surface area (Å²) in [6.45, 7) is 1.25. The maximum Gasteiger partial charge on any atom is 0.329 e. The molecule has 0 fully saturated rings. The molecule has 0 aliphatic carbocycles. The molecule has 158 valence electrons. The number of rotatable bonds is 6. The van der Waals surface area contributed by atoms with E-state index in [9.17, 15) is 24.3 Å². The maximum absolute atomic E-state index is 13.1. The number of hydrogen-bond donors (Lipinski definition) is 3. The molecular weight excluding hydrogens is 400 g/mol. The number of carboxylic acids is 1. The topological polar surface area (TPSA) is 140 Å². The monoisotopic (exact) mass is 419 g/mol. The molecule has 31 heavy (non-hydrogen) atoms. The van der Waals surface area contributed by atoms with Crippen molar-refractivity contribution in [1.82, 2.24) is 19.9 Å². The highest BCUT2D eigenvalue weighted by Gasteiger charge is 2.27. The number of nitrogens with one attached hydrogen (secondary N) is 3. The smallest absolute Gasteiger partial charge is 0.329 e. The van der Waals surface area contributed by atoms with Gasteiger partial charge in [-0.25, -0.2) is 9.36 Å². The summed E-state index contributed by atoms with van der Waals surface area (Å²) < 4.78 is 0.835. The fraction of sp³-hybridized carbons (Fsp3) is 0.182. The highest BCUT2D eigenvalue weighted by Crippen LogP contribution is 2.22. The number of H-pyrrole nitrogens is 2. The van der Waals surface area contributed by atoms with Crippen LogP contribution in [0.4, 0.5) is 0 Å². The summed E-state index contributed by atoms with van der Waals surface area (Å²) >= 11 is 0. The van der Waals surface area contributed by atoms with Crippen molar-refractivity contribution in [3.8, 4) is 0 Å². The Balaban J connectivity index is 1.86. The van der Waals surface area contributed by atoms with Crippen LogP contribution in [0.1, 0.15) is 18.5 Å². The summed E-state index contributed by atoms with van der Waals surface area (Å²) in [7, 11) is 0. The van der Waals surface area contributed by atoms with E-state index in [4.69, 9.17) is 0 Å². The Labute approximate surface area is 175 Å². The molecule has 9 heteroatoms. The number of benzene rings is 2. The van der Waals surface area contributed by atoms with Gasteiger partial charge in [0.2, 0.25) is 5.91 Å². The number of amides is 1. The maximum atomic E-state index is 13.1. The Morgan fingerprint density at radius 3 is 2.39 bits per heavy atom. The van der Waals surface area contributed by atoms with Crippen LogP contribution in [-0.2, 0) is 16.0 Å². The van der Waals surface area contributed by atoms with Crippen LogP contribution in [0.2, 0.25) is 0 Å². The van der Waals surface area contributed by atoms with E-state index in [1.165, 1.54) is 6.92 Å². The minimum atomic E-state index is -1.47. The van der Waals surface area contributed by atoms with Crippen molar-refractivity contribution in [2.75, 3.05) is 0 Å². The average Bonchev–Trinajstić information content (AvgIpc) is 3.15. The van der Waals surface area contributed by atoms with Crippen LogP contribution in [0.25, 0.3) is 21.8 Å². The van der Waals surface area contributed by atoms with Gasteiger partial charge in [-0.3, -0.25) is 9.59 Å². The Bertz CT molecular complexity index is 1410. The lowest BCUT2D eigenvalue weighted by atomic mass is 10.0. The minimum absolute atomic E-state index is 0.00303. The molecule has 0 spiro atoms. The van der Waals surface area contributed by atoms with Crippen LogP contribution in [0, 0.1) is 0 Å². The Hall–Kier alpha value is -4.14. The minimum Gasteiger partial charge on any atom is -0.548 e. The third-order valence-corrected chi connectivity index (χ3v) is 5.25. The van der Waals surface area contributed by atoms with Crippen molar-refractivity contribution in [2.45, 2.75) is 25.4 Å². The molecule has 0 unspecified atom stereocenters. The SMILES string of the molecule is C[C@H](NC(=O)[C@H](Cc1c[nH]c2ccccc12)n1c(=O)[nH]c2ccccc2c1=O)C(=O)[O-]. The van der Waals surface area contributed by atoms with Crippen molar-refractivity contribution >= 4 is 33.7 Å². The molecule has 0 aliphatic heterocycles. The van der Waals surface area contributed by atoms with Gasteiger partial charge in [0.05, 0.1) is 22.9 Å². The number of nitrogens with zero attached hydrogens (tertiary/aromatic N) is 1. The van der Waals surface area contributed by atoms with Gasteiger partial charge >= 0.3 is 5.69 Å². The Morgan fingerprint density at radius 1 is 1.03 bits per heavy atom. The molecule has 4 aromatic rings. The van der Waals surface area contributed by atoms with E-state index in [1.807, 2.05) is 24.3 Å². The second kappa shape index (κ2) is 7.94. The van der Waals surface area contributed by atoms with Crippen molar-refractivity contribution in [3.63, 3.8) is 0 Å². The van der Waals surface area contributed by atoms with E-state index < -0.39 is 35.2 Å². The summed E-state index contributed by atoms with van der Waals surface area (Å²) in [5, 5.41) is 14.5. The second-order valence-corrected chi connectivity index (χ2v) is 7.28. The number of fused-ring (bicyclic) bond motifs is 2. The normalized spacial score (nSPS) is 13.2. The molecule has 1 amide bonds. The number of carboxylic acid groups (broad SMARTS) is 1. The van der Waals surface area contributed by atoms with Crippen molar-refractivity contribution < 1.29 is 14.7 Å². The number of aromatic amines is 2. The van der Waals surface area contributed by atoms with Crippen molar-refractivity contribution in [1.29, 1.82) is 0 Å². The van der Waals surface area contributed by atoms with Crippen LogP contribution in [0.15, 0.2) is 64.3 Å². The van der Waals surface area contributed by atoms with E-state index in [0.29, 0.717) is 11.1 Å². The van der Waals surface area contributed by atoms with Gasteiger partial charge in [0, 0.05) is 23.5 Å². The number of aliphatic carboxylic acids is 1. The largest absolute Gasteiger partial charge is 0.548 e. The van der Waals surface area contributed by atoms with E-state index in [-0.39, 0.29) is 11.8 Å². The fourth-order valence-corrected chi connectivity index (χ4v) is 3.64. The second-order valence-electron chi connectivity index (χ2n) is 7.28. The van der Waals surface area contributed by atoms with Gasteiger partial charge in [0.15, 0.2) is 0 Å². The van der Waals surface area contributed by atoms with Gasteiger partial charge in [0.25, 0.3) is 5.56 Å². The Kier molecular flexibility index (Phi) is 5.16. The number of carbonyl (C=O) groups excluding carboxylic acids is 2. The summed E-state index contributed by atoms with van der Waals surface area (Å²) in [5.41, 5.74) is 0.490. The molecule has 2 heterocycles. The Morgan fingerprint density at radius 2 is 1.68 bits per heavy atom. The van der Waals surface area contributed by atoms with Gasteiger partial charge in [-0.1, -0.05) is 30.3 Å². The molecular formula is C22H19N4O5-. The summed E-state index contributed by atoms with van der Waals surface area (Å²) in [6.07, 6.45) is 1.70. The fourth-order valence-electron chi connectivity index (χ4n) is 3.64. The number of carbonyl (C=O) groups is 2. The van der Waals surface area contributed by atoms with E-state index in [2.05, 4.69) is 15.3 Å². The number of aromatic nitrogens is 3. The van der Waals surface area contributed by atoms with Crippen molar-refractivity contribution in [2.24, 2.45) is 0 Å². The first-order chi connectivity index (χ1) is 14.9. The van der Waals surface area contributed by atoms with Crippen molar-refractivity contribution in [3.05, 3.63) is 81.1 Å². The first kappa shape index (κ1) is 20.1. The number of para-hydroxylation sites is 2. The van der Waals surface area contributed by atoms with Gasteiger partial charge < -0.3 is 25.2 Å². The lowest BCUT2D eigenvalue weighted by Crippen LogP contribution is -2.51. The first-order valence-corrected chi connectivity index (χ1v) is 9.66. The zero-order valence-corrected chi connectivity index (χ0v) is 16.5. The van der Waals surface area contributed by atoms with E-state index >= 15 is 0 Å². The average molecular weight is 419 g/mol. The third kappa shape index (κ3) is 3.73. The molecule has 2 aromatic heterocycles. The molecule has 2 atom stereocenters. The predicted molar refractivity (Wildman–Crippen MR) is 112 cm³/mol. The molecule has 0 radical (unpaired) electrons. The molecule has 9 nitrogen and oxygen atoms in total. The first-order valence-electron chi connectivity index (χ1n) is 9.66. The highest BCUT2D eigenvalue weighted by atomic mass is 16.4. The molecule has 0 bridgehead atoms. The molecule has 0 aliphatic rings. The summed E-state index contributed by atoms with van der Waals surface area (Å²) in [6, 6.07) is 11.3. The number of hydrogen-bond acceptors (Lipinski definition) is 5. The zero-order valence-electron chi connectivity index (χ0n) is 16.5. The molecule has 4 rings (SSSR count). The quantitative estimate of drug-likeness (QED) is 0.410. The third-order valence-electron chi connectivity index (χ3n) is 5.25. The molecule has 0 saturated carbocycles. The van der Waals surface area contributed by atoms with Crippen LogP contribution in [-0.4, -0.2) is 32.5 Å². The zero-order chi connectivity index (χ0) is 22.1. The van der Waals surface area contributed by atoms with Crippen LogP contribution < -0.4 is 21.7 Å². The summed E-state index contributed by atoms with van der Waals surface area (Å²) in [4.78, 5) is 55.8. The van der Waals surface area contributed by atoms with Crippen LogP contribution >= 0.6 is 0 Å². The van der Waals surface area contributed by atoms with Crippen LogP contribution in [0.5, 0.6) is 0 Å². The lowest BCUT2D eigenvalue weighted by Gasteiger charge is -2.22. The van der Waals surface area contributed by atoms with Gasteiger partial charge in [-0.15, -0.1) is 0 Å². The van der Waals surface area contributed by atoms with E-state index in [1.54, 1.807) is 30.5 Å². The molecule has 0 saturated heterocycles. The van der Waals surface area contributed by atoms with Crippen LogP contribution in [0.3, 0.4) is 0 Å². The predicted octanol–water partition coefficient (Wildman–Crippen LogP) is 0.210. The van der Waals surface area contributed by atoms with Gasteiger partial charge in [0.1, 0.15) is 6.04 Å². The van der Waals surface area contributed by atoms with Gasteiger partial charge in [-0.05, 0) is 30.7 Å².